The van der Waals surface area contributed by atoms with Crippen LogP contribution >= 0.6 is 0 Å². The molecule has 2 nitrogen and oxygen atoms in total. The molecule has 0 amide bonds. The largest absolute Gasteiger partial charge is 0.330 e. The van der Waals surface area contributed by atoms with E-state index in [0.29, 0.717) is 18.7 Å². The molecule has 15 heavy (non-hydrogen) atoms. The topological polar surface area (TPSA) is 52.0 Å². The summed E-state index contributed by atoms with van der Waals surface area (Å²) in [6.07, 6.45) is 0. The highest BCUT2D eigenvalue weighted by Crippen LogP contribution is 2.26. The van der Waals surface area contributed by atoms with Crippen LogP contribution in [0.4, 0.5) is 8.78 Å². The van der Waals surface area contributed by atoms with Crippen LogP contribution in [0.3, 0.4) is 0 Å². The molecule has 0 saturated carbocycles. The monoisotopic (exact) mass is 214 g/mol. The zero-order valence-corrected chi connectivity index (χ0v) is 8.71. The van der Waals surface area contributed by atoms with E-state index in [2.05, 4.69) is 0 Å². The molecule has 0 aliphatic heterocycles. The van der Waals surface area contributed by atoms with E-state index in [-0.39, 0.29) is 11.8 Å². The van der Waals surface area contributed by atoms with E-state index in [9.17, 15) is 8.78 Å². The summed E-state index contributed by atoms with van der Waals surface area (Å²) in [6.45, 7) is 2.55. The second-order valence-corrected chi connectivity index (χ2v) is 3.66. The Morgan fingerprint density at radius 2 is 1.80 bits per heavy atom. The number of nitrogens with two attached hydrogens (primary N) is 2. The molecular formula is C11H16F2N2. The normalized spacial score (nSPS) is 13.2. The summed E-state index contributed by atoms with van der Waals surface area (Å²) < 4.78 is 26.4. The molecule has 1 unspecified atom stereocenters. The first kappa shape index (κ1) is 12.1. The summed E-state index contributed by atoms with van der Waals surface area (Å²) >= 11 is 0. The second kappa shape index (κ2) is 5.19. The lowest BCUT2D eigenvalue weighted by molar-refractivity contribution is 0.432. The summed E-state index contributed by atoms with van der Waals surface area (Å²) in [5.41, 5.74) is 11.4. The van der Waals surface area contributed by atoms with Crippen molar-refractivity contribution in [1.29, 1.82) is 0 Å². The molecule has 1 rings (SSSR count). The van der Waals surface area contributed by atoms with Crippen LogP contribution in [-0.2, 0) is 0 Å². The van der Waals surface area contributed by atoms with Crippen LogP contribution in [0.5, 0.6) is 0 Å². The van der Waals surface area contributed by atoms with Crippen molar-refractivity contribution in [3.05, 3.63) is 35.4 Å². The van der Waals surface area contributed by atoms with E-state index in [0.717, 1.165) is 6.07 Å². The Morgan fingerprint density at radius 1 is 1.20 bits per heavy atom. The van der Waals surface area contributed by atoms with E-state index >= 15 is 0 Å². The zero-order chi connectivity index (χ0) is 11.4. The highest BCUT2D eigenvalue weighted by atomic mass is 19.2. The molecule has 0 spiro atoms. The van der Waals surface area contributed by atoms with Crippen LogP contribution in [0.25, 0.3) is 0 Å². The summed E-state index contributed by atoms with van der Waals surface area (Å²) in [5.74, 6) is -1.82. The molecule has 0 radical (unpaired) electrons. The van der Waals surface area contributed by atoms with Crippen molar-refractivity contribution in [1.82, 2.24) is 0 Å². The molecule has 4 heteroatoms. The van der Waals surface area contributed by atoms with Crippen LogP contribution in [0.1, 0.15) is 18.4 Å². The Kier molecular flexibility index (Phi) is 4.17. The van der Waals surface area contributed by atoms with Gasteiger partial charge in [0.25, 0.3) is 0 Å². The number of halogens is 2. The van der Waals surface area contributed by atoms with Gasteiger partial charge in [-0.15, -0.1) is 0 Å². The van der Waals surface area contributed by atoms with Gasteiger partial charge in [-0.1, -0.05) is 19.1 Å². The fourth-order valence-electron chi connectivity index (χ4n) is 1.63. The summed E-state index contributed by atoms with van der Waals surface area (Å²) in [7, 11) is 0. The molecule has 84 valence electrons. The highest BCUT2D eigenvalue weighted by Gasteiger charge is 2.20. The van der Waals surface area contributed by atoms with Crippen molar-refractivity contribution >= 4 is 0 Å². The molecule has 1 aromatic rings. The first-order chi connectivity index (χ1) is 7.11. The third-order valence-corrected chi connectivity index (χ3v) is 2.78. The lowest BCUT2D eigenvalue weighted by Crippen LogP contribution is -2.28. The molecule has 0 bridgehead atoms. The summed E-state index contributed by atoms with van der Waals surface area (Å²) in [5, 5.41) is 0. The van der Waals surface area contributed by atoms with Gasteiger partial charge >= 0.3 is 0 Å². The Hall–Kier alpha value is -1.00. The van der Waals surface area contributed by atoms with Crippen LogP contribution in [0, 0.1) is 17.6 Å². The van der Waals surface area contributed by atoms with Gasteiger partial charge in [0.1, 0.15) is 0 Å². The molecule has 4 N–H and O–H groups in total. The van der Waals surface area contributed by atoms with Crippen molar-refractivity contribution in [2.24, 2.45) is 17.4 Å². The van der Waals surface area contributed by atoms with Gasteiger partial charge in [-0.3, -0.25) is 0 Å². The highest BCUT2D eigenvalue weighted by molar-refractivity contribution is 5.23. The van der Waals surface area contributed by atoms with Crippen LogP contribution in [0.15, 0.2) is 18.2 Å². The van der Waals surface area contributed by atoms with Crippen molar-refractivity contribution < 1.29 is 8.78 Å². The predicted octanol–water partition coefficient (Wildman–Crippen LogP) is 1.60. The molecule has 1 atom stereocenters. The molecule has 0 aliphatic carbocycles. The average molecular weight is 214 g/mol. The van der Waals surface area contributed by atoms with Crippen molar-refractivity contribution in [3.63, 3.8) is 0 Å². The molecule has 0 aromatic heterocycles. The molecule has 1 aromatic carbocycles. The van der Waals surface area contributed by atoms with Gasteiger partial charge < -0.3 is 11.5 Å². The van der Waals surface area contributed by atoms with Crippen LogP contribution in [-0.4, -0.2) is 13.1 Å². The maximum absolute atomic E-state index is 13.4. The lowest BCUT2D eigenvalue weighted by Gasteiger charge is -2.21. The van der Waals surface area contributed by atoms with E-state index < -0.39 is 11.6 Å². The second-order valence-electron chi connectivity index (χ2n) is 3.66. The van der Waals surface area contributed by atoms with Gasteiger partial charge in [0.2, 0.25) is 0 Å². The Bertz CT molecular complexity index is 324. The van der Waals surface area contributed by atoms with Gasteiger partial charge in [0, 0.05) is 0 Å². The maximum atomic E-state index is 13.4. The first-order valence-electron chi connectivity index (χ1n) is 4.95. The third kappa shape index (κ3) is 2.52. The fourth-order valence-corrected chi connectivity index (χ4v) is 1.63. The summed E-state index contributed by atoms with van der Waals surface area (Å²) in [6, 6.07) is 4.17. The minimum atomic E-state index is -0.827. The smallest absolute Gasteiger partial charge is 0.162 e. The Morgan fingerprint density at radius 3 is 2.33 bits per heavy atom. The van der Waals surface area contributed by atoms with Gasteiger partial charge in [-0.05, 0) is 36.6 Å². The lowest BCUT2D eigenvalue weighted by atomic mass is 9.87. The average Bonchev–Trinajstić information content (AvgIpc) is 2.23. The minimum absolute atomic E-state index is 0.0266. The van der Waals surface area contributed by atoms with Crippen molar-refractivity contribution in [3.8, 4) is 0 Å². The number of rotatable bonds is 4. The number of hydrogen-bond donors (Lipinski definition) is 2. The van der Waals surface area contributed by atoms with Gasteiger partial charge in [-0.2, -0.15) is 0 Å². The molecule has 0 aliphatic rings. The third-order valence-electron chi connectivity index (χ3n) is 2.78. The standard InChI is InChI=1S/C11H16F2N2/c1-7(8(5-14)6-15)9-3-2-4-10(12)11(9)13/h2-4,7-8H,5-6,14-15H2,1H3. The van der Waals surface area contributed by atoms with Gasteiger partial charge in [0.15, 0.2) is 11.6 Å². The molecule has 0 heterocycles. The van der Waals surface area contributed by atoms with Crippen LogP contribution in [0.2, 0.25) is 0 Å². The fraction of sp³-hybridized carbons (Fsp3) is 0.455. The van der Waals surface area contributed by atoms with Crippen molar-refractivity contribution in [2.45, 2.75) is 12.8 Å². The van der Waals surface area contributed by atoms with E-state index in [1.807, 2.05) is 6.92 Å². The van der Waals surface area contributed by atoms with Crippen LogP contribution < -0.4 is 11.5 Å². The molecular weight excluding hydrogens is 198 g/mol. The van der Waals surface area contributed by atoms with Crippen molar-refractivity contribution in [2.75, 3.05) is 13.1 Å². The minimum Gasteiger partial charge on any atom is -0.330 e. The van der Waals surface area contributed by atoms with E-state index in [4.69, 9.17) is 11.5 Å². The predicted molar refractivity (Wildman–Crippen MR) is 56.4 cm³/mol. The summed E-state index contributed by atoms with van der Waals surface area (Å²) in [4.78, 5) is 0. The SMILES string of the molecule is CC(c1cccc(F)c1F)C(CN)CN. The first-order valence-corrected chi connectivity index (χ1v) is 4.95. The Labute approximate surface area is 88.3 Å². The maximum Gasteiger partial charge on any atom is 0.162 e. The van der Waals surface area contributed by atoms with Gasteiger partial charge in [0.05, 0.1) is 0 Å². The Balaban J connectivity index is 2.99. The zero-order valence-electron chi connectivity index (χ0n) is 8.71. The van der Waals surface area contributed by atoms with Gasteiger partial charge in [-0.25, -0.2) is 8.78 Å². The quantitative estimate of drug-likeness (QED) is 0.800. The number of hydrogen-bond acceptors (Lipinski definition) is 2. The van der Waals surface area contributed by atoms with E-state index in [1.54, 1.807) is 6.07 Å². The molecule has 0 fully saturated rings. The number of benzene rings is 1. The van der Waals surface area contributed by atoms with E-state index in [1.165, 1.54) is 6.07 Å². The molecule has 0 saturated heterocycles.